The van der Waals surface area contributed by atoms with Crippen LogP contribution in [0.3, 0.4) is 0 Å². The summed E-state index contributed by atoms with van der Waals surface area (Å²) < 4.78 is 8.27. The number of nitrogens with zero attached hydrogens (tertiary/aromatic N) is 6. The summed E-state index contributed by atoms with van der Waals surface area (Å²) in [7, 11) is 1.74. The van der Waals surface area contributed by atoms with Gasteiger partial charge in [-0.1, -0.05) is 43.3 Å². The van der Waals surface area contributed by atoms with Crippen molar-refractivity contribution in [3.05, 3.63) is 70.1 Å². The molecule has 0 saturated heterocycles. The Morgan fingerprint density at radius 2 is 1.79 bits per heavy atom. The smallest absolute Gasteiger partial charge is 0.280 e. The summed E-state index contributed by atoms with van der Waals surface area (Å²) in [5.74, 6) is 1.08. The zero-order valence-electron chi connectivity index (χ0n) is 16.5. The van der Waals surface area contributed by atoms with Gasteiger partial charge in [0.2, 0.25) is 5.89 Å². The molecule has 9 heteroatoms. The third-order valence-electron chi connectivity index (χ3n) is 4.88. The van der Waals surface area contributed by atoms with E-state index in [-0.39, 0.29) is 24.4 Å². The lowest BCUT2D eigenvalue weighted by molar-refractivity contribution is 0.174. The molecule has 0 aliphatic carbocycles. The zero-order valence-corrected chi connectivity index (χ0v) is 16.5. The monoisotopic (exact) mass is 394 g/mol. The number of aryl methyl sites for hydroxylation is 1. The third kappa shape index (κ3) is 3.81. The van der Waals surface area contributed by atoms with Crippen molar-refractivity contribution in [1.82, 2.24) is 29.2 Å². The predicted molar refractivity (Wildman–Crippen MR) is 105 cm³/mol. The van der Waals surface area contributed by atoms with E-state index in [0.717, 1.165) is 5.56 Å². The molecule has 4 aromatic rings. The highest BCUT2D eigenvalue weighted by Gasteiger charge is 2.16. The summed E-state index contributed by atoms with van der Waals surface area (Å²) in [6, 6.07) is 7.85. The second-order valence-electron chi connectivity index (χ2n) is 7.35. The number of rotatable bonds is 6. The molecule has 9 nitrogen and oxygen atoms in total. The van der Waals surface area contributed by atoms with E-state index in [1.54, 1.807) is 17.9 Å². The number of benzene rings is 1. The van der Waals surface area contributed by atoms with Crippen molar-refractivity contribution >= 4 is 11.2 Å². The minimum atomic E-state index is -0.739. The van der Waals surface area contributed by atoms with Crippen molar-refractivity contribution in [3.8, 4) is 0 Å². The van der Waals surface area contributed by atoms with E-state index in [4.69, 9.17) is 4.52 Å². The Labute approximate surface area is 166 Å². The molecule has 0 bridgehead atoms. The molecule has 0 amide bonds. The van der Waals surface area contributed by atoms with Crippen molar-refractivity contribution < 1.29 is 9.63 Å². The minimum Gasteiger partial charge on any atom is -0.388 e. The molecular weight excluding hydrogens is 372 g/mol. The van der Waals surface area contributed by atoms with Crippen LogP contribution in [0.5, 0.6) is 0 Å². The molecule has 0 fully saturated rings. The Hall–Kier alpha value is -3.33. The molecule has 3 heterocycles. The lowest BCUT2D eigenvalue weighted by atomic mass is 9.99. The van der Waals surface area contributed by atoms with Gasteiger partial charge in [-0.3, -0.25) is 9.36 Å². The fraction of sp³-hybridized carbons (Fsp3) is 0.350. The highest BCUT2D eigenvalue weighted by molar-refractivity contribution is 5.68. The van der Waals surface area contributed by atoms with Crippen LogP contribution in [-0.2, 0) is 20.0 Å². The Bertz CT molecular complexity index is 1190. The Balaban J connectivity index is 1.48. The van der Waals surface area contributed by atoms with Gasteiger partial charge in [0, 0.05) is 13.5 Å². The maximum Gasteiger partial charge on any atom is 0.280 e. The Morgan fingerprint density at radius 1 is 1.10 bits per heavy atom. The molecule has 1 atom stereocenters. The maximum absolute atomic E-state index is 12.6. The summed E-state index contributed by atoms with van der Waals surface area (Å²) in [4.78, 5) is 25.1. The molecule has 150 valence electrons. The first-order valence-electron chi connectivity index (χ1n) is 9.38. The summed E-state index contributed by atoms with van der Waals surface area (Å²) >= 11 is 0. The van der Waals surface area contributed by atoms with Gasteiger partial charge < -0.3 is 14.2 Å². The van der Waals surface area contributed by atoms with Gasteiger partial charge in [-0.05, 0) is 17.0 Å². The largest absolute Gasteiger partial charge is 0.388 e. The van der Waals surface area contributed by atoms with E-state index in [2.05, 4.69) is 34.0 Å². The fourth-order valence-corrected chi connectivity index (χ4v) is 3.16. The number of aliphatic hydroxyl groups is 1. The minimum absolute atomic E-state index is 0.0964. The summed E-state index contributed by atoms with van der Waals surface area (Å²) in [5.41, 5.74) is 2.58. The van der Waals surface area contributed by atoms with Crippen LogP contribution in [0.2, 0.25) is 0 Å². The normalized spacial score (nSPS) is 12.7. The van der Waals surface area contributed by atoms with Crippen LogP contribution in [0.1, 0.15) is 48.7 Å². The quantitative estimate of drug-likeness (QED) is 0.532. The van der Waals surface area contributed by atoms with Gasteiger partial charge in [-0.25, -0.2) is 9.97 Å². The summed E-state index contributed by atoms with van der Waals surface area (Å²) in [5, 5.41) is 14.4. The molecule has 1 unspecified atom stereocenters. The molecule has 1 N–H and O–H groups in total. The van der Waals surface area contributed by atoms with Crippen LogP contribution >= 0.6 is 0 Å². The molecular formula is C20H22N6O3. The second kappa shape index (κ2) is 7.59. The lowest BCUT2D eigenvalue weighted by Gasteiger charge is -2.11. The van der Waals surface area contributed by atoms with E-state index < -0.39 is 6.10 Å². The van der Waals surface area contributed by atoms with E-state index in [1.807, 2.05) is 24.3 Å². The van der Waals surface area contributed by atoms with Crippen molar-refractivity contribution in [2.24, 2.45) is 7.05 Å². The van der Waals surface area contributed by atoms with Crippen molar-refractivity contribution in [2.75, 3.05) is 0 Å². The Morgan fingerprint density at radius 3 is 2.52 bits per heavy atom. The number of aromatic nitrogens is 6. The van der Waals surface area contributed by atoms with Crippen LogP contribution < -0.4 is 5.56 Å². The van der Waals surface area contributed by atoms with Crippen molar-refractivity contribution in [3.63, 3.8) is 0 Å². The van der Waals surface area contributed by atoms with Gasteiger partial charge in [-0.2, -0.15) is 4.98 Å². The van der Waals surface area contributed by atoms with Gasteiger partial charge in [0.25, 0.3) is 5.56 Å². The van der Waals surface area contributed by atoms with Crippen LogP contribution in [0.25, 0.3) is 11.2 Å². The van der Waals surface area contributed by atoms with Gasteiger partial charge in [0.05, 0.1) is 12.4 Å². The van der Waals surface area contributed by atoms with Gasteiger partial charge >= 0.3 is 0 Å². The number of imidazole rings is 1. The van der Waals surface area contributed by atoms with E-state index >= 15 is 0 Å². The average Bonchev–Trinajstić information content (AvgIpc) is 3.30. The average molecular weight is 394 g/mol. The molecule has 4 rings (SSSR count). The number of aliphatic hydroxyl groups excluding tert-OH is 1. The van der Waals surface area contributed by atoms with Crippen molar-refractivity contribution in [2.45, 2.75) is 38.8 Å². The summed E-state index contributed by atoms with van der Waals surface area (Å²) in [6.07, 6.45) is 2.44. The highest BCUT2D eigenvalue weighted by Crippen LogP contribution is 2.21. The number of fused-ring (bicyclic) bond motifs is 1. The van der Waals surface area contributed by atoms with E-state index in [9.17, 15) is 9.90 Å². The molecule has 1 aromatic carbocycles. The lowest BCUT2D eigenvalue weighted by Crippen LogP contribution is -2.22. The second-order valence-corrected chi connectivity index (χ2v) is 7.35. The third-order valence-corrected chi connectivity index (χ3v) is 4.88. The van der Waals surface area contributed by atoms with Gasteiger partial charge in [-0.15, -0.1) is 0 Å². The van der Waals surface area contributed by atoms with E-state index in [0.29, 0.717) is 22.9 Å². The summed E-state index contributed by atoms with van der Waals surface area (Å²) in [6.45, 7) is 4.34. The first-order valence-corrected chi connectivity index (χ1v) is 9.38. The SMILES string of the molecule is CC(C)c1ccc(C(O)Cc2noc(Cn3cnc4ncn(C)c4c3=O)n2)cc1. The van der Waals surface area contributed by atoms with Crippen LogP contribution in [0.4, 0.5) is 0 Å². The molecule has 3 aromatic heterocycles. The number of hydrogen-bond acceptors (Lipinski definition) is 7. The van der Waals surface area contributed by atoms with Crippen LogP contribution in [0.15, 0.2) is 46.2 Å². The molecule has 0 saturated carbocycles. The predicted octanol–water partition coefficient (Wildman–Crippen LogP) is 1.96. The Kier molecular flexibility index (Phi) is 4.98. The van der Waals surface area contributed by atoms with Gasteiger partial charge in [0.1, 0.15) is 12.9 Å². The fourth-order valence-electron chi connectivity index (χ4n) is 3.16. The van der Waals surface area contributed by atoms with E-state index in [1.165, 1.54) is 16.5 Å². The molecule has 0 aliphatic rings. The molecule has 0 aliphatic heterocycles. The van der Waals surface area contributed by atoms with Gasteiger partial charge in [0.15, 0.2) is 17.0 Å². The molecule has 0 spiro atoms. The molecule has 0 radical (unpaired) electrons. The van der Waals surface area contributed by atoms with Crippen LogP contribution in [0, 0.1) is 0 Å². The topological polar surface area (TPSA) is 112 Å². The zero-order chi connectivity index (χ0) is 20.5. The maximum atomic E-state index is 12.6. The standard InChI is InChI=1S/C20H22N6O3/c1-12(2)13-4-6-14(7-5-13)15(27)8-16-23-17(29-24-16)9-26-11-22-19-18(20(26)28)25(3)10-21-19/h4-7,10-12,15,27H,8-9H2,1-3H3. The van der Waals surface area contributed by atoms with Crippen LogP contribution in [-0.4, -0.2) is 34.3 Å². The molecule has 29 heavy (non-hydrogen) atoms. The number of hydrogen-bond donors (Lipinski definition) is 1. The first-order chi connectivity index (χ1) is 13.9. The highest BCUT2D eigenvalue weighted by atomic mass is 16.5. The first kappa shape index (κ1) is 19.0. The van der Waals surface area contributed by atoms with Crippen molar-refractivity contribution in [1.29, 1.82) is 0 Å².